The monoisotopic (exact) mass is 274 g/mol. The highest BCUT2D eigenvalue weighted by molar-refractivity contribution is 5.85. The van der Waals surface area contributed by atoms with Crippen LogP contribution in [0.25, 0.3) is 0 Å². The smallest absolute Gasteiger partial charge is 0.224 e. The zero-order chi connectivity index (χ0) is 11.9. The van der Waals surface area contributed by atoms with Crippen LogP contribution in [0.1, 0.15) is 51.4 Å². The Bertz CT molecular complexity index is 236. The second kappa shape index (κ2) is 8.76. The van der Waals surface area contributed by atoms with Crippen LogP contribution >= 0.6 is 12.4 Å². The lowest BCUT2D eigenvalue weighted by Crippen LogP contribution is -2.41. The van der Waals surface area contributed by atoms with Crippen LogP contribution < -0.4 is 10.6 Å². The Balaban J connectivity index is 0.00000162. The Labute approximate surface area is 117 Å². The number of hydrogen-bond donors (Lipinski definition) is 2. The molecule has 0 radical (unpaired) electrons. The Hall–Kier alpha value is -0.280. The summed E-state index contributed by atoms with van der Waals surface area (Å²) >= 11 is 0. The van der Waals surface area contributed by atoms with E-state index in [2.05, 4.69) is 10.6 Å². The van der Waals surface area contributed by atoms with Gasteiger partial charge in [-0.05, 0) is 31.7 Å². The molecule has 1 amide bonds. The first kappa shape index (κ1) is 15.8. The largest absolute Gasteiger partial charge is 0.356 e. The Morgan fingerprint density at radius 3 is 2.56 bits per heavy atom. The second-order valence-corrected chi connectivity index (χ2v) is 5.63. The molecule has 1 saturated carbocycles. The van der Waals surface area contributed by atoms with E-state index in [1.807, 2.05) is 0 Å². The third kappa shape index (κ3) is 5.15. The minimum Gasteiger partial charge on any atom is -0.356 e. The summed E-state index contributed by atoms with van der Waals surface area (Å²) in [7, 11) is 0. The number of piperidine rings is 1. The van der Waals surface area contributed by atoms with Crippen LogP contribution in [0.5, 0.6) is 0 Å². The van der Waals surface area contributed by atoms with Crippen LogP contribution in [-0.2, 0) is 4.79 Å². The molecule has 0 aromatic rings. The van der Waals surface area contributed by atoms with Gasteiger partial charge in [-0.3, -0.25) is 4.79 Å². The van der Waals surface area contributed by atoms with E-state index in [0.717, 1.165) is 38.4 Å². The van der Waals surface area contributed by atoms with E-state index in [1.54, 1.807) is 0 Å². The van der Waals surface area contributed by atoms with Crippen LogP contribution in [0, 0.1) is 11.8 Å². The van der Waals surface area contributed by atoms with Crippen LogP contribution in [0.15, 0.2) is 0 Å². The molecule has 4 heteroatoms. The van der Waals surface area contributed by atoms with Crippen molar-refractivity contribution < 1.29 is 4.79 Å². The molecule has 2 fully saturated rings. The average Bonchev–Trinajstić information content (AvgIpc) is 2.41. The fraction of sp³-hybridized carbons (Fsp3) is 0.929. The van der Waals surface area contributed by atoms with Crippen molar-refractivity contribution in [3.8, 4) is 0 Å². The molecule has 0 aromatic heterocycles. The molecule has 1 unspecified atom stereocenters. The molecule has 1 aliphatic carbocycles. The molecule has 2 aliphatic rings. The second-order valence-electron chi connectivity index (χ2n) is 5.63. The molecule has 18 heavy (non-hydrogen) atoms. The highest BCUT2D eigenvalue weighted by Crippen LogP contribution is 2.25. The molecular formula is C14H27ClN2O. The van der Waals surface area contributed by atoms with Gasteiger partial charge in [0.15, 0.2) is 0 Å². The minimum atomic E-state index is 0. The highest BCUT2D eigenvalue weighted by atomic mass is 35.5. The zero-order valence-corrected chi connectivity index (χ0v) is 12.1. The standard InChI is InChI=1S/C14H26N2O.ClH/c17-14(13-7-4-9-15-11-13)16-10-8-12-5-2-1-3-6-12;/h12-13,15H,1-11H2,(H,16,17);1H. The van der Waals surface area contributed by atoms with Gasteiger partial charge in [0.2, 0.25) is 5.91 Å². The van der Waals surface area contributed by atoms with Gasteiger partial charge in [-0.1, -0.05) is 32.1 Å². The summed E-state index contributed by atoms with van der Waals surface area (Å²) in [4.78, 5) is 11.9. The first-order valence-electron chi connectivity index (χ1n) is 7.34. The van der Waals surface area contributed by atoms with E-state index in [4.69, 9.17) is 0 Å². The van der Waals surface area contributed by atoms with Crippen LogP contribution in [0.2, 0.25) is 0 Å². The fourth-order valence-electron chi connectivity index (χ4n) is 3.10. The number of carbonyl (C=O) groups is 1. The molecule has 2 N–H and O–H groups in total. The van der Waals surface area contributed by atoms with Gasteiger partial charge in [-0.15, -0.1) is 12.4 Å². The Morgan fingerprint density at radius 2 is 1.89 bits per heavy atom. The van der Waals surface area contributed by atoms with E-state index < -0.39 is 0 Å². The van der Waals surface area contributed by atoms with Crippen molar-refractivity contribution in [1.29, 1.82) is 0 Å². The van der Waals surface area contributed by atoms with E-state index >= 15 is 0 Å². The van der Waals surface area contributed by atoms with Crippen LogP contribution in [0.4, 0.5) is 0 Å². The van der Waals surface area contributed by atoms with Crippen molar-refractivity contribution in [2.24, 2.45) is 11.8 Å². The molecular weight excluding hydrogens is 248 g/mol. The summed E-state index contributed by atoms with van der Waals surface area (Å²) < 4.78 is 0. The molecule has 0 bridgehead atoms. The van der Waals surface area contributed by atoms with Gasteiger partial charge in [0.05, 0.1) is 5.92 Å². The van der Waals surface area contributed by atoms with Gasteiger partial charge >= 0.3 is 0 Å². The maximum absolute atomic E-state index is 11.9. The third-order valence-corrected chi connectivity index (χ3v) is 4.24. The fourth-order valence-corrected chi connectivity index (χ4v) is 3.10. The van der Waals surface area contributed by atoms with Crippen molar-refractivity contribution in [1.82, 2.24) is 10.6 Å². The predicted octanol–water partition coefficient (Wildman–Crippen LogP) is 2.49. The van der Waals surface area contributed by atoms with Crippen molar-refractivity contribution >= 4 is 18.3 Å². The lowest BCUT2D eigenvalue weighted by molar-refractivity contribution is -0.125. The lowest BCUT2D eigenvalue weighted by atomic mass is 9.87. The first-order chi connectivity index (χ1) is 8.36. The van der Waals surface area contributed by atoms with Crippen molar-refractivity contribution in [3.05, 3.63) is 0 Å². The first-order valence-corrected chi connectivity index (χ1v) is 7.34. The van der Waals surface area contributed by atoms with Gasteiger partial charge in [-0.2, -0.15) is 0 Å². The van der Waals surface area contributed by atoms with Gasteiger partial charge in [-0.25, -0.2) is 0 Å². The van der Waals surface area contributed by atoms with Gasteiger partial charge < -0.3 is 10.6 Å². The number of nitrogens with one attached hydrogen (secondary N) is 2. The maximum atomic E-state index is 11.9. The summed E-state index contributed by atoms with van der Waals surface area (Å²) in [5.74, 6) is 1.36. The van der Waals surface area contributed by atoms with E-state index in [1.165, 1.54) is 38.5 Å². The number of hydrogen-bond acceptors (Lipinski definition) is 2. The lowest BCUT2D eigenvalue weighted by Gasteiger charge is -2.24. The van der Waals surface area contributed by atoms with Crippen molar-refractivity contribution in [2.45, 2.75) is 51.4 Å². The number of amides is 1. The molecule has 3 nitrogen and oxygen atoms in total. The summed E-state index contributed by atoms with van der Waals surface area (Å²) in [5, 5.41) is 6.42. The summed E-state index contributed by atoms with van der Waals surface area (Å²) in [6.07, 6.45) is 10.3. The summed E-state index contributed by atoms with van der Waals surface area (Å²) in [6, 6.07) is 0. The number of carbonyl (C=O) groups excluding carboxylic acids is 1. The van der Waals surface area contributed by atoms with Crippen LogP contribution in [-0.4, -0.2) is 25.5 Å². The molecule has 2 rings (SSSR count). The average molecular weight is 275 g/mol. The topological polar surface area (TPSA) is 41.1 Å². The van der Waals surface area contributed by atoms with Crippen molar-refractivity contribution in [2.75, 3.05) is 19.6 Å². The molecule has 106 valence electrons. The van der Waals surface area contributed by atoms with Gasteiger partial charge in [0.25, 0.3) is 0 Å². The maximum Gasteiger partial charge on any atom is 0.224 e. The molecule has 1 atom stereocenters. The normalized spacial score (nSPS) is 25.2. The minimum absolute atomic E-state index is 0. The van der Waals surface area contributed by atoms with E-state index in [-0.39, 0.29) is 24.2 Å². The number of rotatable bonds is 4. The molecule has 1 aliphatic heterocycles. The van der Waals surface area contributed by atoms with Gasteiger partial charge in [0, 0.05) is 13.1 Å². The SMILES string of the molecule is Cl.O=C(NCCC1CCCCC1)C1CCCNC1. The summed E-state index contributed by atoms with van der Waals surface area (Å²) in [5.41, 5.74) is 0. The zero-order valence-electron chi connectivity index (χ0n) is 11.2. The predicted molar refractivity (Wildman–Crippen MR) is 77.0 cm³/mol. The summed E-state index contributed by atoms with van der Waals surface area (Å²) in [6.45, 7) is 2.83. The van der Waals surface area contributed by atoms with Gasteiger partial charge in [0.1, 0.15) is 0 Å². The molecule has 1 saturated heterocycles. The van der Waals surface area contributed by atoms with E-state index in [0.29, 0.717) is 0 Å². The Kier molecular flexibility index (Phi) is 7.68. The number of halogens is 1. The quantitative estimate of drug-likeness (QED) is 0.827. The van der Waals surface area contributed by atoms with E-state index in [9.17, 15) is 4.79 Å². The third-order valence-electron chi connectivity index (χ3n) is 4.24. The van der Waals surface area contributed by atoms with Crippen LogP contribution in [0.3, 0.4) is 0 Å². The molecule has 0 aromatic carbocycles. The molecule has 0 spiro atoms. The van der Waals surface area contributed by atoms with Crippen molar-refractivity contribution in [3.63, 3.8) is 0 Å². The highest BCUT2D eigenvalue weighted by Gasteiger charge is 2.20. The Morgan fingerprint density at radius 1 is 1.11 bits per heavy atom. The molecule has 1 heterocycles.